The van der Waals surface area contributed by atoms with Crippen LogP contribution < -0.4 is 19.9 Å². The first-order chi connectivity index (χ1) is 15.7. The zero-order chi connectivity index (χ0) is 24.2. The van der Waals surface area contributed by atoms with E-state index in [1.165, 1.54) is 12.1 Å². The molecule has 0 radical (unpaired) electrons. The van der Waals surface area contributed by atoms with Gasteiger partial charge in [-0.25, -0.2) is 13.6 Å². The van der Waals surface area contributed by atoms with E-state index in [-0.39, 0.29) is 35.5 Å². The van der Waals surface area contributed by atoms with E-state index in [0.29, 0.717) is 18.0 Å². The van der Waals surface area contributed by atoms with Gasteiger partial charge in [0.2, 0.25) is 15.9 Å². The molecule has 0 aromatic heterocycles. The van der Waals surface area contributed by atoms with Gasteiger partial charge in [0.05, 0.1) is 30.1 Å². The lowest BCUT2D eigenvalue weighted by Gasteiger charge is -2.27. The molecule has 1 aliphatic rings. The molecule has 1 amide bonds. The Hall–Kier alpha value is -3.38. The van der Waals surface area contributed by atoms with Crippen LogP contribution in [0.15, 0.2) is 41.3 Å². The van der Waals surface area contributed by atoms with E-state index in [9.17, 15) is 23.3 Å². The lowest BCUT2D eigenvalue weighted by molar-refractivity contribution is -0.384. The number of likely N-dealkylation sites (tertiary alicyclic amines) is 1. The molecule has 11 nitrogen and oxygen atoms in total. The normalized spacial score (nSPS) is 15.8. The summed E-state index contributed by atoms with van der Waals surface area (Å²) in [7, 11) is -0.929. The number of amides is 1. The highest BCUT2D eigenvalue weighted by molar-refractivity contribution is 7.89. The third-order valence-corrected chi connectivity index (χ3v) is 6.43. The lowest BCUT2D eigenvalue weighted by atomic mass is 10.0. The van der Waals surface area contributed by atoms with Crippen LogP contribution in [0, 0.1) is 10.1 Å². The fraction of sp³-hybridized carbons (Fsp3) is 0.381. The largest absolute Gasteiger partial charge is 0.497 e. The minimum Gasteiger partial charge on any atom is -0.497 e. The van der Waals surface area contributed by atoms with Gasteiger partial charge in [0.25, 0.3) is 5.69 Å². The summed E-state index contributed by atoms with van der Waals surface area (Å²) in [5.41, 5.74) is 0.534. The second kappa shape index (κ2) is 10.0. The molecule has 1 unspecified atom stereocenters. The Morgan fingerprint density at radius 1 is 1.24 bits per heavy atom. The third-order valence-electron chi connectivity index (χ3n) is 5.52. The van der Waals surface area contributed by atoms with Crippen molar-refractivity contribution in [2.24, 2.45) is 5.14 Å². The molecule has 0 aliphatic carbocycles. The molecule has 12 heteroatoms. The highest BCUT2D eigenvalue weighted by atomic mass is 32.2. The maximum atomic E-state index is 13.0. The summed E-state index contributed by atoms with van der Waals surface area (Å²) in [5, 5.41) is 19.3. The zero-order valence-corrected chi connectivity index (χ0v) is 19.1. The van der Waals surface area contributed by atoms with Gasteiger partial charge in [-0.2, -0.15) is 0 Å². The fourth-order valence-corrected chi connectivity index (χ4v) is 4.46. The van der Waals surface area contributed by atoms with Crippen molar-refractivity contribution in [1.82, 2.24) is 4.90 Å². The molecule has 2 aromatic carbocycles. The Balaban J connectivity index is 1.71. The average molecular weight is 479 g/mol. The van der Waals surface area contributed by atoms with E-state index in [0.717, 1.165) is 24.5 Å². The number of primary sulfonamides is 1. The van der Waals surface area contributed by atoms with Crippen LogP contribution in [0.1, 0.15) is 30.9 Å². The summed E-state index contributed by atoms with van der Waals surface area (Å²) < 4.78 is 33.7. The number of rotatable bonds is 9. The Kier molecular flexibility index (Phi) is 7.39. The molecular formula is C21H26N4O7S. The maximum absolute atomic E-state index is 13.0. The first kappa shape index (κ1) is 24.3. The molecule has 2 aromatic rings. The summed E-state index contributed by atoms with van der Waals surface area (Å²) in [4.78, 5) is 25.0. The molecule has 178 valence electrons. The Morgan fingerprint density at radius 3 is 2.64 bits per heavy atom. The van der Waals surface area contributed by atoms with Gasteiger partial charge in [0.1, 0.15) is 17.2 Å². The smallest absolute Gasteiger partial charge is 0.293 e. The van der Waals surface area contributed by atoms with E-state index in [2.05, 4.69) is 5.32 Å². The van der Waals surface area contributed by atoms with E-state index in [1.54, 1.807) is 31.3 Å². The summed E-state index contributed by atoms with van der Waals surface area (Å²) in [6, 6.07) is 8.64. The van der Waals surface area contributed by atoms with Gasteiger partial charge in [-0.15, -0.1) is 0 Å². The standard InChI is InChI=1S/C21H26N4O7S/c1-31-14-5-8-20(32-2)16(12-14)18-4-3-11-24(18)21(26)9-10-23-17-7-6-15(33(22,29)30)13-19(17)25(27)28/h5-8,12-13,18,23H,3-4,9-11H2,1-2H3,(H2,22,29,30). The number of nitrogens with two attached hydrogens (primary N) is 1. The van der Waals surface area contributed by atoms with Crippen molar-refractivity contribution < 1.29 is 27.6 Å². The maximum Gasteiger partial charge on any atom is 0.293 e. The van der Waals surface area contributed by atoms with Gasteiger partial charge in [-0.3, -0.25) is 14.9 Å². The van der Waals surface area contributed by atoms with Crippen LogP contribution in [-0.2, 0) is 14.8 Å². The molecular weight excluding hydrogens is 452 g/mol. The van der Waals surface area contributed by atoms with E-state index < -0.39 is 20.6 Å². The molecule has 1 aliphatic heterocycles. The number of hydrogen-bond acceptors (Lipinski definition) is 8. The van der Waals surface area contributed by atoms with Crippen LogP contribution in [0.3, 0.4) is 0 Å². The number of carbonyl (C=O) groups is 1. The SMILES string of the molecule is COc1ccc(OC)c(C2CCCN2C(=O)CCNc2ccc(S(N)(=O)=O)cc2[N+](=O)[O-])c1. The van der Waals surface area contributed by atoms with Crippen molar-refractivity contribution in [3.63, 3.8) is 0 Å². The molecule has 3 rings (SSSR count). The highest BCUT2D eigenvalue weighted by Gasteiger charge is 2.32. The van der Waals surface area contributed by atoms with E-state index in [1.807, 2.05) is 6.07 Å². The highest BCUT2D eigenvalue weighted by Crippen LogP contribution is 2.39. The number of ether oxygens (including phenoxy) is 2. The van der Waals surface area contributed by atoms with Gasteiger partial charge >= 0.3 is 0 Å². The molecule has 1 heterocycles. The summed E-state index contributed by atoms with van der Waals surface area (Å²) >= 11 is 0. The van der Waals surface area contributed by atoms with Gasteiger partial charge in [0.15, 0.2) is 0 Å². The van der Waals surface area contributed by atoms with E-state index in [4.69, 9.17) is 14.6 Å². The van der Waals surface area contributed by atoms with Gasteiger partial charge < -0.3 is 19.7 Å². The topological polar surface area (TPSA) is 154 Å². The summed E-state index contributed by atoms with van der Waals surface area (Å²) in [5.74, 6) is 1.23. The number of sulfonamides is 1. The fourth-order valence-electron chi connectivity index (χ4n) is 3.93. The number of benzene rings is 2. The number of hydrogen-bond donors (Lipinski definition) is 2. The van der Waals surface area contributed by atoms with Gasteiger partial charge in [-0.1, -0.05) is 0 Å². The zero-order valence-electron chi connectivity index (χ0n) is 18.3. The van der Waals surface area contributed by atoms with Crippen molar-refractivity contribution in [3.05, 3.63) is 52.1 Å². The first-order valence-corrected chi connectivity index (χ1v) is 11.8. The third kappa shape index (κ3) is 5.52. The summed E-state index contributed by atoms with van der Waals surface area (Å²) in [6.07, 6.45) is 1.71. The van der Waals surface area contributed by atoms with Crippen LogP contribution >= 0.6 is 0 Å². The minimum absolute atomic E-state index is 0.0941. The molecule has 1 atom stereocenters. The Bertz CT molecular complexity index is 1150. The van der Waals surface area contributed by atoms with Crippen molar-refractivity contribution in [2.75, 3.05) is 32.6 Å². The predicted molar refractivity (Wildman–Crippen MR) is 121 cm³/mol. The Labute approximate surface area is 191 Å². The number of nitro benzene ring substituents is 1. The second-order valence-corrected chi connectivity index (χ2v) is 9.07. The molecule has 1 fully saturated rings. The van der Waals surface area contributed by atoms with Crippen molar-refractivity contribution >= 4 is 27.3 Å². The van der Waals surface area contributed by atoms with Crippen LogP contribution in [0.2, 0.25) is 0 Å². The monoisotopic (exact) mass is 478 g/mol. The van der Waals surface area contributed by atoms with Crippen LogP contribution in [0.25, 0.3) is 0 Å². The van der Waals surface area contributed by atoms with Crippen molar-refractivity contribution in [1.29, 1.82) is 0 Å². The van der Waals surface area contributed by atoms with Crippen LogP contribution in [0.5, 0.6) is 11.5 Å². The van der Waals surface area contributed by atoms with Crippen LogP contribution in [0.4, 0.5) is 11.4 Å². The number of methoxy groups -OCH3 is 2. The minimum atomic E-state index is -4.08. The molecule has 0 bridgehead atoms. The van der Waals surface area contributed by atoms with E-state index >= 15 is 0 Å². The first-order valence-electron chi connectivity index (χ1n) is 10.2. The average Bonchev–Trinajstić information content (AvgIpc) is 3.27. The number of nitrogens with one attached hydrogen (secondary N) is 1. The van der Waals surface area contributed by atoms with Crippen molar-refractivity contribution in [3.8, 4) is 11.5 Å². The van der Waals surface area contributed by atoms with Gasteiger partial charge in [-0.05, 0) is 43.2 Å². The summed E-state index contributed by atoms with van der Waals surface area (Å²) in [6.45, 7) is 0.722. The molecule has 33 heavy (non-hydrogen) atoms. The van der Waals surface area contributed by atoms with Gasteiger partial charge in [0, 0.05) is 31.1 Å². The van der Waals surface area contributed by atoms with Crippen molar-refractivity contribution in [2.45, 2.75) is 30.2 Å². The molecule has 0 spiro atoms. The molecule has 0 saturated carbocycles. The second-order valence-electron chi connectivity index (χ2n) is 7.51. The number of nitro groups is 1. The number of carbonyl (C=O) groups excluding carboxylic acids is 1. The lowest BCUT2D eigenvalue weighted by Crippen LogP contribution is -2.32. The van der Waals surface area contributed by atoms with Crippen LogP contribution in [-0.4, -0.2) is 51.5 Å². The molecule has 3 N–H and O–H groups in total. The molecule has 1 saturated heterocycles. The number of nitrogens with zero attached hydrogens (tertiary/aromatic N) is 2. The Morgan fingerprint density at radius 2 is 2.00 bits per heavy atom. The number of anilines is 1. The quantitative estimate of drug-likeness (QED) is 0.411. The predicted octanol–water partition coefficient (Wildman–Crippen LogP) is 2.43.